The van der Waals surface area contributed by atoms with E-state index in [0.717, 1.165) is 25.1 Å². The second kappa shape index (κ2) is 8.07. The monoisotopic (exact) mass is 505 g/mol. The van der Waals surface area contributed by atoms with E-state index < -0.39 is 46.7 Å². The van der Waals surface area contributed by atoms with Crippen molar-refractivity contribution in [3.05, 3.63) is 33.9 Å². The maximum atomic E-state index is 15.6. The van der Waals surface area contributed by atoms with Crippen LogP contribution < -0.4 is 20.4 Å². The minimum atomic E-state index is -1.47. The fourth-order valence-electron chi connectivity index (χ4n) is 5.24. The third-order valence-corrected chi connectivity index (χ3v) is 7.22. The van der Waals surface area contributed by atoms with E-state index in [4.69, 9.17) is 9.47 Å². The molecule has 36 heavy (non-hydrogen) atoms. The summed E-state index contributed by atoms with van der Waals surface area (Å²) in [7, 11) is 1.33. The molecule has 3 fully saturated rings. The number of rotatable bonds is 5. The number of methoxy groups -OCH3 is 1. The Bertz CT molecular complexity index is 1330. The number of carboxylic acids is 1. The number of carboxylic acid groups (broad SMARTS) is 1. The zero-order valence-electron chi connectivity index (χ0n) is 20.6. The number of alkyl carbamates (subject to hydrolysis) is 1. The van der Waals surface area contributed by atoms with Gasteiger partial charge in [-0.3, -0.25) is 4.79 Å². The number of anilines is 1. The van der Waals surface area contributed by atoms with Gasteiger partial charge in [-0.15, -0.1) is 0 Å². The van der Waals surface area contributed by atoms with E-state index in [1.807, 2.05) is 0 Å². The summed E-state index contributed by atoms with van der Waals surface area (Å²) in [6.07, 6.45) is 1.20. The molecule has 3 aliphatic rings. The molecular weight excluding hydrogens is 476 g/mol. The number of nitrogens with zero attached hydrogens (tertiary/aromatic N) is 2. The van der Waals surface area contributed by atoms with E-state index in [1.165, 1.54) is 11.7 Å². The third-order valence-electron chi connectivity index (χ3n) is 7.22. The van der Waals surface area contributed by atoms with Crippen LogP contribution in [0.2, 0.25) is 0 Å². The molecule has 1 aromatic heterocycles. The molecular formula is C25H29F2N3O6. The van der Waals surface area contributed by atoms with E-state index in [-0.39, 0.29) is 46.8 Å². The van der Waals surface area contributed by atoms with Gasteiger partial charge in [0, 0.05) is 31.1 Å². The first-order valence-corrected chi connectivity index (χ1v) is 11.9. The summed E-state index contributed by atoms with van der Waals surface area (Å²) < 4.78 is 42.1. The molecule has 1 spiro atoms. The zero-order chi connectivity index (χ0) is 26.2. The van der Waals surface area contributed by atoms with Crippen molar-refractivity contribution in [3.63, 3.8) is 0 Å². The smallest absolute Gasteiger partial charge is 0.407 e. The molecule has 11 heteroatoms. The zero-order valence-corrected chi connectivity index (χ0v) is 20.6. The van der Waals surface area contributed by atoms with Gasteiger partial charge in [0.2, 0.25) is 5.43 Å². The van der Waals surface area contributed by atoms with E-state index in [0.29, 0.717) is 6.54 Å². The van der Waals surface area contributed by atoms with E-state index in [9.17, 15) is 23.9 Å². The molecule has 194 valence electrons. The molecule has 5 rings (SSSR count). The van der Waals surface area contributed by atoms with E-state index in [1.54, 1.807) is 25.7 Å². The summed E-state index contributed by atoms with van der Waals surface area (Å²) in [4.78, 5) is 38.8. The molecule has 2 saturated carbocycles. The topological polar surface area (TPSA) is 110 Å². The van der Waals surface area contributed by atoms with Crippen molar-refractivity contribution in [1.29, 1.82) is 0 Å². The van der Waals surface area contributed by atoms with Crippen molar-refractivity contribution >= 4 is 28.7 Å². The number of nitrogens with one attached hydrogen (secondary N) is 1. The normalized spacial score (nSPS) is 24.2. The molecule has 1 aromatic carbocycles. The van der Waals surface area contributed by atoms with Crippen LogP contribution in [0.15, 0.2) is 17.1 Å². The molecule has 1 amide bonds. The number of halogens is 2. The number of amides is 1. The molecule has 0 unspecified atom stereocenters. The molecule has 0 bridgehead atoms. The fourth-order valence-corrected chi connectivity index (χ4v) is 5.24. The van der Waals surface area contributed by atoms with Crippen LogP contribution >= 0.6 is 0 Å². The second-order valence-electron chi connectivity index (χ2n) is 11.0. The lowest BCUT2D eigenvalue weighted by molar-refractivity contribution is 0.0493. The number of ether oxygens (including phenoxy) is 2. The predicted molar refractivity (Wildman–Crippen MR) is 127 cm³/mol. The van der Waals surface area contributed by atoms with E-state index in [2.05, 4.69) is 5.32 Å². The van der Waals surface area contributed by atoms with Gasteiger partial charge >= 0.3 is 12.1 Å². The summed E-state index contributed by atoms with van der Waals surface area (Å²) in [5.74, 6) is -2.19. The number of aromatic nitrogens is 1. The third kappa shape index (κ3) is 4.04. The van der Waals surface area contributed by atoms with Crippen molar-refractivity contribution in [3.8, 4) is 5.75 Å². The quantitative estimate of drug-likeness (QED) is 0.639. The summed E-state index contributed by atoms with van der Waals surface area (Å²) in [6.45, 7) is 6.04. The molecule has 2 aliphatic carbocycles. The maximum absolute atomic E-state index is 15.6. The Labute approximate surface area is 206 Å². The van der Waals surface area contributed by atoms with Crippen molar-refractivity contribution in [2.45, 2.75) is 63.9 Å². The Morgan fingerprint density at radius 1 is 1.28 bits per heavy atom. The first-order chi connectivity index (χ1) is 16.8. The van der Waals surface area contributed by atoms with Crippen LogP contribution in [0, 0.1) is 11.2 Å². The highest BCUT2D eigenvalue weighted by Crippen LogP contribution is 2.55. The van der Waals surface area contributed by atoms with Crippen molar-refractivity contribution < 1.29 is 33.0 Å². The highest BCUT2D eigenvalue weighted by atomic mass is 19.1. The van der Waals surface area contributed by atoms with Gasteiger partial charge in [0.1, 0.15) is 23.0 Å². The number of carbonyl (C=O) groups excluding carboxylic acids is 1. The van der Waals surface area contributed by atoms with Crippen LogP contribution in [0.3, 0.4) is 0 Å². The maximum Gasteiger partial charge on any atom is 0.407 e. The number of hydrogen-bond acceptors (Lipinski definition) is 6. The summed E-state index contributed by atoms with van der Waals surface area (Å²) >= 11 is 0. The van der Waals surface area contributed by atoms with Gasteiger partial charge in [-0.05, 0) is 39.7 Å². The van der Waals surface area contributed by atoms with Crippen LogP contribution in [-0.4, -0.2) is 59.8 Å². The molecule has 3 atom stereocenters. The number of benzene rings is 1. The molecule has 2 aromatic rings. The lowest BCUT2D eigenvalue weighted by Crippen LogP contribution is -2.44. The highest BCUT2D eigenvalue weighted by molar-refractivity contribution is 5.97. The fraction of sp³-hybridized carbons (Fsp3) is 0.560. The first-order valence-electron chi connectivity index (χ1n) is 11.9. The van der Waals surface area contributed by atoms with Gasteiger partial charge in [0.05, 0.1) is 30.1 Å². The molecule has 0 radical (unpaired) electrons. The number of alkyl halides is 1. The Balaban J connectivity index is 1.59. The SMILES string of the molecule is COc1c(N2C[C@@H](NC(=O)OC(C)(C)C)C3(CC3)C2)c(F)cc2c(=O)c(C(=O)O)cn([C@@H]3C[C@@H]3F)c12. The van der Waals surface area contributed by atoms with Crippen LogP contribution in [-0.2, 0) is 4.74 Å². The van der Waals surface area contributed by atoms with Gasteiger partial charge in [-0.1, -0.05) is 0 Å². The Hall–Kier alpha value is -3.37. The summed E-state index contributed by atoms with van der Waals surface area (Å²) in [5.41, 5.74) is -2.08. The summed E-state index contributed by atoms with van der Waals surface area (Å²) in [6, 6.07) is 0.0400. The van der Waals surface area contributed by atoms with Gasteiger partial charge < -0.3 is 29.4 Å². The Morgan fingerprint density at radius 2 is 1.94 bits per heavy atom. The lowest BCUT2D eigenvalue weighted by atomic mass is 10.0. The standard InChI is InChI=1S/C25H29F2N3O6/c1-24(2,3)36-23(34)28-17-10-29(11-25(17)5-6-25)19-15(27)7-12-18(21(19)35-4)30(16-8-14(16)26)9-13(20(12)31)22(32)33/h7,9,14,16-17H,5-6,8,10-11H2,1-4H3,(H,28,34)(H,32,33)/t14-,16+,17+/m0/s1. The average Bonchev–Trinajstić information content (AvgIpc) is 3.66. The molecule has 1 aliphatic heterocycles. The average molecular weight is 506 g/mol. The van der Waals surface area contributed by atoms with Crippen molar-refractivity contribution in [2.75, 3.05) is 25.1 Å². The van der Waals surface area contributed by atoms with Crippen LogP contribution in [0.1, 0.15) is 56.4 Å². The Kier molecular flexibility index (Phi) is 5.46. The highest BCUT2D eigenvalue weighted by Gasteiger charge is 2.56. The number of aromatic carboxylic acids is 1. The number of hydrogen-bond donors (Lipinski definition) is 2. The molecule has 1 saturated heterocycles. The minimum absolute atomic E-state index is 0.0341. The number of carbonyl (C=O) groups is 2. The van der Waals surface area contributed by atoms with Gasteiger partial charge in [-0.25, -0.2) is 18.4 Å². The van der Waals surface area contributed by atoms with E-state index >= 15 is 4.39 Å². The number of pyridine rings is 1. The predicted octanol–water partition coefficient (Wildman–Crippen LogP) is 3.62. The van der Waals surface area contributed by atoms with Gasteiger partial charge in [0.25, 0.3) is 0 Å². The Morgan fingerprint density at radius 3 is 2.47 bits per heavy atom. The van der Waals surface area contributed by atoms with Crippen molar-refractivity contribution in [2.24, 2.45) is 5.41 Å². The summed E-state index contributed by atoms with van der Waals surface area (Å²) in [5, 5.41) is 12.2. The van der Waals surface area contributed by atoms with Crippen molar-refractivity contribution in [1.82, 2.24) is 9.88 Å². The van der Waals surface area contributed by atoms with Crippen LogP contribution in [0.5, 0.6) is 5.75 Å². The molecule has 2 N–H and O–H groups in total. The molecule has 9 nitrogen and oxygen atoms in total. The second-order valence-corrected chi connectivity index (χ2v) is 11.0. The van der Waals surface area contributed by atoms with Crippen LogP contribution in [0.4, 0.5) is 19.3 Å². The first kappa shape index (κ1) is 24.3. The lowest BCUT2D eigenvalue weighted by Gasteiger charge is -2.25. The minimum Gasteiger partial charge on any atom is -0.492 e. The van der Waals surface area contributed by atoms with Gasteiger partial charge in [-0.2, -0.15) is 0 Å². The van der Waals surface area contributed by atoms with Gasteiger partial charge in [0.15, 0.2) is 11.6 Å². The molecule has 2 heterocycles. The largest absolute Gasteiger partial charge is 0.492 e. The van der Waals surface area contributed by atoms with Crippen LogP contribution in [0.25, 0.3) is 10.9 Å². The number of fused-ring (bicyclic) bond motifs is 1.